The number of thiocarbonyl (C=S) groups is 1. The van der Waals surface area contributed by atoms with Crippen LogP contribution in [-0.2, 0) is 19.0 Å². The van der Waals surface area contributed by atoms with Crippen LogP contribution < -0.4 is 5.32 Å². The Kier molecular flexibility index (Phi) is 4.97. The van der Waals surface area contributed by atoms with Gasteiger partial charge in [0.2, 0.25) is 0 Å². The van der Waals surface area contributed by atoms with Crippen molar-refractivity contribution >= 4 is 46.8 Å². The molecule has 3 saturated heterocycles. The van der Waals surface area contributed by atoms with Gasteiger partial charge in [-0.3, -0.25) is 0 Å². The summed E-state index contributed by atoms with van der Waals surface area (Å²) in [6.45, 7) is 5.00. The van der Waals surface area contributed by atoms with Crippen LogP contribution in [0.5, 0.6) is 0 Å². The molecule has 1 N–H and O–H groups in total. The third-order valence-electron chi connectivity index (χ3n) is 5.15. The second-order valence-electron chi connectivity index (χ2n) is 7.25. The predicted octanol–water partition coefficient (Wildman–Crippen LogP) is 2.09. The number of nitrogens with zero attached hydrogens (tertiary/aromatic N) is 1. The molecule has 4 aliphatic rings. The van der Waals surface area contributed by atoms with Gasteiger partial charge in [-0.05, 0) is 50.4 Å². The van der Waals surface area contributed by atoms with Gasteiger partial charge in [0.1, 0.15) is 10.2 Å². The Balaban J connectivity index is 1.80. The van der Waals surface area contributed by atoms with E-state index < -0.39 is 5.79 Å². The lowest BCUT2D eigenvalue weighted by Crippen LogP contribution is -2.57. The minimum absolute atomic E-state index is 0.124. The molecule has 9 heteroatoms. The Morgan fingerprint density at radius 2 is 2.12 bits per heavy atom. The van der Waals surface area contributed by atoms with Gasteiger partial charge in [0.25, 0.3) is 0 Å². The van der Waals surface area contributed by atoms with Gasteiger partial charge in [0.15, 0.2) is 10.9 Å². The zero-order chi connectivity index (χ0) is 18.5. The Bertz CT molecular complexity index is 660. The maximum Gasteiger partial charge on any atom is 0.337 e. The van der Waals surface area contributed by atoms with Gasteiger partial charge in [0, 0.05) is 6.54 Å². The van der Waals surface area contributed by atoms with Crippen molar-refractivity contribution in [3.63, 3.8) is 0 Å². The molecule has 26 heavy (non-hydrogen) atoms. The highest BCUT2D eigenvalue weighted by Gasteiger charge is 2.54. The van der Waals surface area contributed by atoms with Gasteiger partial charge in [-0.15, -0.1) is 23.5 Å². The Labute approximate surface area is 167 Å². The number of rotatable bonds is 2. The minimum Gasteiger partial charge on any atom is -0.466 e. The fourth-order valence-electron chi connectivity index (χ4n) is 4.03. The lowest BCUT2D eigenvalue weighted by Gasteiger charge is -2.42. The summed E-state index contributed by atoms with van der Waals surface area (Å²) in [5.74, 6) is 1.21. The molecular weight excluding hydrogens is 392 g/mol. The lowest BCUT2D eigenvalue weighted by molar-refractivity contribution is -0.144. The van der Waals surface area contributed by atoms with Gasteiger partial charge in [0.05, 0.1) is 31.0 Å². The zero-order valence-corrected chi connectivity index (χ0v) is 17.7. The zero-order valence-electron chi connectivity index (χ0n) is 15.2. The first kappa shape index (κ1) is 18.9. The Hall–Kier alpha value is -0.480. The number of carbonyl (C=O) groups is 1. The molecule has 6 nitrogen and oxygen atoms in total. The van der Waals surface area contributed by atoms with Crippen molar-refractivity contribution in [1.82, 2.24) is 10.2 Å². The normalized spacial score (nSPS) is 32.6. The van der Waals surface area contributed by atoms with E-state index in [2.05, 4.69) is 10.2 Å². The number of esters is 1. The van der Waals surface area contributed by atoms with Crippen LogP contribution in [-0.4, -0.2) is 69.8 Å². The first-order chi connectivity index (χ1) is 12.4. The minimum atomic E-state index is -0.668. The van der Waals surface area contributed by atoms with Crippen LogP contribution in [0.2, 0.25) is 0 Å². The molecule has 0 bridgehead atoms. The van der Waals surface area contributed by atoms with Crippen LogP contribution in [0.3, 0.4) is 0 Å². The summed E-state index contributed by atoms with van der Waals surface area (Å²) >= 11 is 9.52. The molecular formula is C17H24N2O4S3. The maximum atomic E-state index is 12.9. The van der Waals surface area contributed by atoms with E-state index in [0.717, 1.165) is 30.2 Å². The van der Waals surface area contributed by atoms with E-state index in [4.69, 9.17) is 26.4 Å². The van der Waals surface area contributed by atoms with Crippen LogP contribution >= 0.6 is 35.7 Å². The van der Waals surface area contributed by atoms with Gasteiger partial charge in [-0.1, -0.05) is 0 Å². The van der Waals surface area contributed by atoms with Crippen molar-refractivity contribution < 1.29 is 19.0 Å². The number of hydrogen-bond donors (Lipinski definition) is 1. The predicted molar refractivity (Wildman–Crippen MR) is 107 cm³/mol. The van der Waals surface area contributed by atoms with E-state index in [1.165, 1.54) is 13.5 Å². The third-order valence-corrected chi connectivity index (χ3v) is 8.91. The van der Waals surface area contributed by atoms with Crippen molar-refractivity contribution in [3.05, 3.63) is 11.3 Å². The van der Waals surface area contributed by atoms with Crippen molar-refractivity contribution in [2.45, 2.75) is 48.7 Å². The number of fused-ring (bicyclic) bond motifs is 2. The molecule has 1 spiro atoms. The van der Waals surface area contributed by atoms with Crippen LogP contribution in [0.1, 0.15) is 26.7 Å². The van der Waals surface area contributed by atoms with Gasteiger partial charge in [-0.2, -0.15) is 0 Å². The number of methoxy groups -OCH3 is 1. The first-order valence-corrected chi connectivity index (χ1v) is 11.3. The molecule has 0 radical (unpaired) electrons. The second-order valence-corrected chi connectivity index (χ2v) is 10.7. The molecule has 0 aromatic rings. The van der Waals surface area contributed by atoms with E-state index in [1.54, 1.807) is 0 Å². The van der Waals surface area contributed by atoms with Crippen LogP contribution in [0.15, 0.2) is 11.3 Å². The molecule has 4 heterocycles. The fourth-order valence-corrected chi connectivity index (χ4v) is 7.77. The third kappa shape index (κ3) is 3.05. The van der Waals surface area contributed by atoms with E-state index in [0.29, 0.717) is 17.3 Å². The highest BCUT2D eigenvalue weighted by Crippen LogP contribution is 2.56. The van der Waals surface area contributed by atoms with Crippen molar-refractivity contribution in [1.29, 1.82) is 0 Å². The SMILES string of the molecule is COC(=O)C1=C2N(CCC23SCCCS3)C(=S)N[C@H]1[C@H]1COC(C)(C)O1. The quantitative estimate of drug-likeness (QED) is 0.538. The lowest BCUT2D eigenvalue weighted by atomic mass is 9.96. The largest absolute Gasteiger partial charge is 0.466 e. The molecule has 0 saturated carbocycles. The van der Waals surface area contributed by atoms with Crippen LogP contribution in [0.25, 0.3) is 0 Å². The van der Waals surface area contributed by atoms with Gasteiger partial charge in [-0.25, -0.2) is 4.79 Å². The molecule has 0 aromatic heterocycles. The number of carbonyl (C=O) groups excluding carboxylic acids is 1. The summed E-state index contributed by atoms with van der Waals surface area (Å²) in [7, 11) is 1.43. The van der Waals surface area contributed by atoms with Gasteiger partial charge < -0.3 is 24.4 Å². The number of hydrogen-bond acceptors (Lipinski definition) is 7. The molecule has 144 valence electrons. The summed E-state index contributed by atoms with van der Waals surface area (Å²) in [4.78, 5) is 15.0. The van der Waals surface area contributed by atoms with Gasteiger partial charge >= 0.3 is 5.97 Å². The number of thioether (sulfide) groups is 2. The summed E-state index contributed by atoms with van der Waals surface area (Å²) in [6, 6.07) is -0.360. The molecule has 4 aliphatic heterocycles. The Morgan fingerprint density at radius 1 is 1.38 bits per heavy atom. The summed E-state index contributed by atoms with van der Waals surface area (Å²) in [6.07, 6.45) is 1.88. The van der Waals surface area contributed by atoms with Crippen LogP contribution in [0.4, 0.5) is 0 Å². The molecule has 0 aliphatic carbocycles. The molecule has 2 atom stereocenters. The standard InChI is InChI=1S/C17H24N2O4S3/c1-16(2)22-9-10(23-16)12-11(14(20)21-3)13-17(25-7-4-8-26-17)5-6-19(13)15(24)18-12/h10,12H,4-9H2,1-3H3,(H,18,24)/t10-,12+/m1/s1. The van der Waals surface area contributed by atoms with E-state index in [9.17, 15) is 4.79 Å². The average Bonchev–Trinajstić information content (AvgIpc) is 3.16. The second kappa shape index (κ2) is 6.84. The maximum absolute atomic E-state index is 12.9. The van der Waals surface area contributed by atoms with E-state index >= 15 is 0 Å². The fraction of sp³-hybridized carbons (Fsp3) is 0.765. The molecule has 0 amide bonds. The topological polar surface area (TPSA) is 60.0 Å². The summed E-state index contributed by atoms with van der Waals surface area (Å²) in [5, 5.41) is 3.99. The molecule has 0 aromatic carbocycles. The van der Waals surface area contributed by atoms with E-state index in [-0.39, 0.29) is 22.2 Å². The van der Waals surface area contributed by atoms with E-state index in [1.807, 2.05) is 37.4 Å². The Morgan fingerprint density at radius 3 is 2.73 bits per heavy atom. The highest BCUT2D eigenvalue weighted by atomic mass is 32.2. The van der Waals surface area contributed by atoms with Crippen LogP contribution in [0, 0.1) is 0 Å². The smallest absolute Gasteiger partial charge is 0.337 e. The molecule has 3 fully saturated rings. The van der Waals surface area contributed by atoms with Crippen molar-refractivity contribution in [2.75, 3.05) is 31.8 Å². The summed E-state index contributed by atoms with van der Waals surface area (Å²) < 4.78 is 16.9. The highest BCUT2D eigenvalue weighted by molar-refractivity contribution is 8.19. The van der Waals surface area contributed by atoms with Crippen molar-refractivity contribution in [2.24, 2.45) is 0 Å². The monoisotopic (exact) mass is 416 g/mol. The average molecular weight is 417 g/mol. The molecule has 4 rings (SSSR count). The van der Waals surface area contributed by atoms with Crippen molar-refractivity contribution in [3.8, 4) is 0 Å². The number of nitrogens with one attached hydrogen (secondary N) is 1. The first-order valence-electron chi connectivity index (χ1n) is 8.87. The number of ether oxygens (including phenoxy) is 3. The molecule has 0 unspecified atom stereocenters. The summed E-state index contributed by atoms with van der Waals surface area (Å²) in [5.41, 5.74) is 1.66.